The standard InChI is InChI=1S/C20H31NO3.2C2H6/c1-19-10-8-14-12(13(19)5-6-15(19)18(23)24-3)4-7-16-20(14,2)11-9-17(22)21-16;2*1-2/h12-16H,4-11H2,1-3H3,(H,21,22);2*1-2H3. The van der Waals surface area contributed by atoms with Crippen LogP contribution in [-0.2, 0) is 14.3 Å². The van der Waals surface area contributed by atoms with Crippen LogP contribution >= 0.6 is 0 Å². The lowest BCUT2D eigenvalue weighted by Crippen LogP contribution is -2.61. The molecule has 0 aromatic carbocycles. The molecule has 1 heterocycles. The highest BCUT2D eigenvalue weighted by Gasteiger charge is 2.61. The lowest BCUT2D eigenvalue weighted by molar-refractivity contribution is -0.155. The Morgan fingerprint density at radius 1 is 0.929 bits per heavy atom. The molecule has 4 rings (SSSR count). The summed E-state index contributed by atoms with van der Waals surface area (Å²) in [5.41, 5.74) is 0.372. The van der Waals surface area contributed by atoms with Crippen LogP contribution in [0, 0.1) is 34.5 Å². The summed E-state index contributed by atoms with van der Waals surface area (Å²) in [5.74, 6) is 2.40. The molecule has 1 N–H and O–H groups in total. The van der Waals surface area contributed by atoms with E-state index in [2.05, 4.69) is 19.2 Å². The predicted molar refractivity (Wildman–Crippen MR) is 114 cm³/mol. The molecule has 7 unspecified atom stereocenters. The number of amides is 1. The van der Waals surface area contributed by atoms with Crippen LogP contribution in [0.15, 0.2) is 0 Å². The molecule has 4 aliphatic rings. The average molecular weight is 394 g/mol. The van der Waals surface area contributed by atoms with Gasteiger partial charge in [0.25, 0.3) is 0 Å². The Morgan fingerprint density at radius 2 is 1.57 bits per heavy atom. The van der Waals surface area contributed by atoms with Crippen molar-refractivity contribution in [2.24, 2.45) is 34.5 Å². The van der Waals surface area contributed by atoms with E-state index >= 15 is 0 Å². The van der Waals surface area contributed by atoms with Crippen molar-refractivity contribution >= 4 is 11.9 Å². The molecule has 1 amide bonds. The van der Waals surface area contributed by atoms with E-state index in [9.17, 15) is 9.59 Å². The van der Waals surface area contributed by atoms with Crippen molar-refractivity contribution in [3.63, 3.8) is 0 Å². The van der Waals surface area contributed by atoms with Gasteiger partial charge >= 0.3 is 5.97 Å². The Balaban J connectivity index is 0.000000660. The second-order valence-corrected chi connectivity index (χ2v) is 9.28. The summed E-state index contributed by atoms with van der Waals surface area (Å²) in [6.07, 6.45) is 8.54. The highest BCUT2D eigenvalue weighted by molar-refractivity contribution is 5.77. The molecular weight excluding hydrogens is 350 g/mol. The Hall–Kier alpha value is -1.06. The first kappa shape index (κ1) is 23.2. The van der Waals surface area contributed by atoms with E-state index < -0.39 is 0 Å². The molecule has 0 bridgehead atoms. The molecule has 0 radical (unpaired) electrons. The number of hydrogen-bond acceptors (Lipinski definition) is 3. The minimum Gasteiger partial charge on any atom is -0.469 e. The normalized spacial score (nSPS) is 43.5. The van der Waals surface area contributed by atoms with Crippen molar-refractivity contribution in [3.05, 3.63) is 0 Å². The Labute approximate surface area is 172 Å². The minimum atomic E-state index is 0.00303. The molecule has 1 saturated heterocycles. The first-order valence-corrected chi connectivity index (χ1v) is 11.8. The third-order valence-electron chi connectivity index (χ3n) is 8.58. The maximum Gasteiger partial charge on any atom is 0.309 e. The number of carbonyl (C=O) groups is 2. The zero-order valence-corrected chi connectivity index (χ0v) is 19.3. The third-order valence-corrected chi connectivity index (χ3v) is 8.58. The average Bonchev–Trinajstić information content (AvgIpc) is 3.08. The largest absolute Gasteiger partial charge is 0.469 e. The van der Waals surface area contributed by atoms with Crippen LogP contribution in [0.2, 0.25) is 0 Å². The monoisotopic (exact) mass is 393 g/mol. The molecule has 28 heavy (non-hydrogen) atoms. The van der Waals surface area contributed by atoms with Gasteiger partial charge in [-0.25, -0.2) is 0 Å². The molecule has 7 atom stereocenters. The Kier molecular flexibility index (Phi) is 7.61. The summed E-state index contributed by atoms with van der Waals surface area (Å²) >= 11 is 0. The van der Waals surface area contributed by atoms with E-state index in [1.54, 1.807) is 0 Å². The molecular formula is C24H43NO3. The molecule has 0 aromatic heterocycles. The number of nitrogens with one attached hydrogen (secondary N) is 1. The van der Waals surface area contributed by atoms with E-state index in [0.717, 1.165) is 31.6 Å². The van der Waals surface area contributed by atoms with Gasteiger partial charge in [-0.2, -0.15) is 0 Å². The number of hydrogen-bond donors (Lipinski definition) is 1. The van der Waals surface area contributed by atoms with Crippen LogP contribution in [0.3, 0.4) is 0 Å². The lowest BCUT2D eigenvalue weighted by atomic mass is 9.47. The van der Waals surface area contributed by atoms with Crippen LogP contribution in [0.4, 0.5) is 0 Å². The van der Waals surface area contributed by atoms with Gasteiger partial charge in [0.2, 0.25) is 5.91 Å². The summed E-state index contributed by atoms with van der Waals surface area (Å²) in [5, 5.41) is 3.28. The highest BCUT2D eigenvalue weighted by atomic mass is 16.5. The fraction of sp³-hybridized carbons (Fsp3) is 0.917. The topological polar surface area (TPSA) is 55.4 Å². The third kappa shape index (κ3) is 3.61. The van der Waals surface area contributed by atoms with Gasteiger partial charge in [0.05, 0.1) is 13.0 Å². The maximum absolute atomic E-state index is 12.3. The highest BCUT2D eigenvalue weighted by Crippen LogP contribution is 2.65. The van der Waals surface area contributed by atoms with E-state index in [1.165, 1.54) is 26.4 Å². The smallest absolute Gasteiger partial charge is 0.309 e. The predicted octanol–water partition coefficient (Wildman–Crippen LogP) is 5.35. The molecule has 0 spiro atoms. The van der Waals surface area contributed by atoms with Gasteiger partial charge in [-0.05, 0) is 73.5 Å². The SMILES string of the molecule is CC.CC.COC(=O)C1CCC2C3CCC4NC(=O)CCC4(C)C3CCC12C. The van der Waals surface area contributed by atoms with Crippen molar-refractivity contribution in [3.8, 4) is 0 Å². The molecule has 4 heteroatoms. The van der Waals surface area contributed by atoms with Gasteiger partial charge in [-0.15, -0.1) is 0 Å². The number of ether oxygens (including phenoxy) is 1. The van der Waals surface area contributed by atoms with E-state index in [-0.39, 0.29) is 28.6 Å². The zero-order valence-electron chi connectivity index (χ0n) is 19.3. The van der Waals surface area contributed by atoms with Crippen molar-refractivity contribution in [2.75, 3.05) is 7.11 Å². The van der Waals surface area contributed by atoms with E-state index in [0.29, 0.717) is 24.3 Å². The fourth-order valence-electron chi connectivity index (χ4n) is 7.23. The zero-order chi connectivity index (χ0) is 21.1. The van der Waals surface area contributed by atoms with Gasteiger partial charge < -0.3 is 10.1 Å². The van der Waals surface area contributed by atoms with Crippen molar-refractivity contribution in [1.29, 1.82) is 0 Å². The quantitative estimate of drug-likeness (QED) is 0.611. The molecule has 1 aliphatic heterocycles. The number of fused-ring (bicyclic) bond motifs is 5. The number of carbonyl (C=O) groups excluding carboxylic acids is 2. The van der Waals surface area contributed by atoms with Crippen LogP contribution < -0.4 is 5.32 Å². The van der Waals surface area contributed by atoms with Gasteiger partial charge in [0.1, 0.15) is 0 Å². The Morgan fingerprint density at radius 3 is 2.21 bits per heavy atom. The summed E-state index contributed by atoms with van der Waals surface area (Å²) in [4.78, 5) is 24.1. The second kappa shape index (κ2) is 9.17. The maximum atomic E-state index is 12.3. The van der Waals surface area contributed by atoms with Crippen molar-refractivity contribution < 1.29 is 14.3 Å². The van der Waals surface area contributed by atoms with Crippen LogP contribution in [0.5, 0.6) is 0 Å². The summed E-state index contributed by atoms with van der Waals surface area (Å²) < 4.78 is 5.12. The first-order valence-electron chi connectivity index (χ1n) is 11.8. The second-order valence-electron chi connectivity index (χ2n) is 9.28. The molecule has 162 valence electrons. The van der Waals surface area contributed by atoms with E-state index in [1.807, 2.05) is 27.7 Å². The lowest BCUT2D eigenvalue weighted by Gasteiger charge is -2.60. The van der Waals surface area contributed by atoms with Crippen LogP contribution in [0.25, 0.3) is 0 Å². The fourth-order valence-corrected chi connectivity index (χ4v) is 7.23. The van der Waals surface area contributed by atoms with Crippen molar-refractivity contribution in [1.82, 2.24) is 5.32 Å². The van der Waals surface area contributed by atoms with Gasteiger partial charge in [-0.3, -0.25) is 9.59 Å². The molecule has 4 fully saturated rings. The number of methoxy groups -OCH3 is 1. The van der Waals surface area contributed by atoms with Crippen LogP contribution in [-0.4, -0.2) is 25.0 Å². The molecule has 0 aromatic rings. The Bertz CT molecular complexity index is 562. The van der Waals surface area contributed by atoms with Crippen molar-refractivity contribution in [2.45, 2.75) is 99.0 Å². The van der Waals surface area contributed by atoms with Gasteiger partial charge in [-0.1, -0.05) is 41.5 Å². The van der Waals surface area contributed by atoms with Crippen LogP contribution in [0.1, 0.15) is 92.9 Å². The number of piperidine rings is 1. The summed E-state index contributed by atoms with van der Waals surface area (Å²) in [6.45, 7) is 12.8. The van der Waals surface area contributed by atoms with Gasteiger partial charge in [0.15, 0.2) is 0 Å². The van der Waals surface area contributed by atoms with E-state index in [4.69, 9.17) is 4.74 Å². The summed E-state index contributed by atoms with van der Waals surface area (Å²) in [6, 6.07) is 0.363. The number of rotatable bonds is 1. The minimum absolute atomic E-state index is 0.00303. The van der Waals surface area contributed by atoms with Gasteiger partial charge in [0, 0.05) is 12.5 Å². The first-order chi connectivity index (χ1) is 13.4. The molecule has 3 aliphatic carbocycles. The molecule has 3 saturated carbocycles. The number of esters is 1. The summed E-state index contributed by atoms with van der Waals surface area (Å²) in [7, 11) is 1.53. The molecule has 4 nitrogen and oxygen atoms in total.